The first-order chi connectivity index (χ1) is 20.6. The summed E-state index contributed by atoms with van der Waals surface area (Å²) in [6.45, 7) is 43.1. The molecule has 1 heterocycles. The predicted molar refractivity (Wildman–Crippen MR) is 207 cm³/mol. The van der Waals surface area contributed by atoms with Crippen LogP contribution in [0.3, 0.4) is 0 Å². The Balaban J connectivity index is 0.000000243. The van der Waals surface area contributed by atoms with Crippen molar-refractivity contribution in [3.63, 3.8) is 0 Å². The summed E-state index contributed by atoms with van der Waals surface area (Å²) in [6.07, 6.45) is 1.19. The van der Waals surface area contributed by atoms with Crippen molar-refractivity contribution in [2.24, 2.45) is 0 Å². The fourth-order valence-corrected chi connectivity index (χ4v) is 5.51. The molecule has 1 heteroatoms. The lowest BCUT2D eigenvalue weighted by Crippen LogP contribution is -2.44. The van der Waals surface area contributed by atoms with Crippen LogP contribution in [0.25, 0.3) is 0 Å². The Labute approximate surface area is 286 Å². The lowest BCUT2D eigenvalue weighted by Gasteiger charge is -2.39. The summed E-state index contributed by atoms with van der Waals surface area (Å²) < 4.78 is 0. The minimum Gasteiger partial charge on any atom is -0.294 e. The van der Waals surface area contributed by atoms with Gasteiger partial charge in [0.2, 0.25) is 0 Å². The summed E-state index contributed by atoms with van der Waals surface area (Å²) in [5.41, 5.74) is 11.8. The van der Waals surface area contributed by atoms with Gasteiger partial charge in [-0.25, -0.2) is 0 Å². The Morgan fingerprint density at radius 1 is 0.391 bits per heavy atom. The van der Waals surface area contributed by atoms with Crippen molar-refractivity contribution in [3.05, 3.63) is 106 Å². The maximum Gasteiger partial charge on any atom is 0.0241 e. The second-order valence-corrected chi connectivity index (χ2v) is 19.7. The lowest BCUT2D eigenvalue weighted by atomic mass is 9.81. The number of benzene rings is 3. The van der Waals surface area contributed by atoms with Crippen LogP contribution >= 0.6 is 0 Å². The molecule has 1 nitrogen and oxygen atoms in total. The van der Waals surface area contributed by atoms with E-state index in [9.17, 15) is 0 Å². The van der Waals surface area contributed by atoms with Crippen LogP contribution in [0.1, 0.15) is 164 Å². The SMILES string of the molecule is CC(C)(C)c1ccc(C(C)(C)C)cc1.CC(C)(C)c1ccc2c(c1)CCN(C(C)(C)C)C2.CC(C)(C)c1cccc(C(C)(C)C)c1. The van der Waals surface area contributed by atoms with Crippen molar-refractivity contribution in [1.29, 1.82) is 0 Å². The third-order valence-corrected chi connectivity index (χ3v) is 9.24. The van der Waals surface area contributed by atoms with Crippen LogP contribution in [0.4, 0.5) is 0 Å². The van der Waals surface area contributed by atoms with Crippen molar-refractivity contribution in [3.8, 4) is 0 Å². The van der Waals surface area contributed by atoms with Crippen LogP contribution in [0.2, 0.25) is 0 Å². The highest BCUT2D eigenvalue weighted by molar-refractivity contribution is 5.37. The zero-order chi connectivity index (χ0) is 35.5. The third kappa shape index (κ3) is 12.0. The molecule has 1 aliphatic heterocycles. The van der Waals surface area contributed by atoms with E-state index >= 15 is 0 Å². The molecular weight excluding hydrogens is 555 g/mol. The molecule has 0 unspecified atom stereocenters. The standard InChI is InChI=1S/C17H27N.2C14H22/c1-16(2,3)15-8-7-14-12-18(17(4,5)6)10-9-13(14)11-15;1-13(2,3)11-7-9-12(10-8-11)14(4,5)6;1-13(2,3)11-8-7-9-12(10-11)14(4,5)6/h7-8,11H,9-10,12H2,1-6H3;2*7-10H,1-6H3. The molecule has 0 bridgehead atoms. The highest BCUT2D eigenvalue weighted by Gasteiger charge is 2.26. The molecule has 0 fully saturated rings. The summed E-state index contributed by atoms with van der Waals surface area (Å²) in [7, 11) is 0. The molecule has 256 valence electrons. The second kappa shape index (κ2) is 14.4. The minimum atomic E-state index is 0.251. The van der Waals surface area contributed by atoms with Crippen LogP contribution in [-0.4, -0.2) is 17.0 Å². The van der Waals surface area contributed by atoms with E-state index in [2.05, 4.69) is 196 Å². The van der Waals surface area contributed by atoms with Crippen molar-refractivity contribution in [1.82, 2.24) is 4.90 Å². The van der Waals surface area contributed by atoms with E-state index in [0.717, 1.165) is 6.54 Å². The molecule has 0 spiro atoms. The Morgan fingerprint density at radius 2 is 0.739 bits per heavy atom. The number of hydrogen-bond donors (Lipinski definition) is 0. The van der Waals surface area contributed by atoms with Gasteiger partial charge in [-0.1, -0.05) is 171 Å². The van der Waals surface area contributed by atoms with Gasteiger partial charge in [0, 0.05) is 18.6 Å². The Hall–Kier alpha value is -2.38. The van der Waals surface area contributed by atoms with E-state index in [1.807, 2.05) is 0 Å². The molecule has 0 amide bonds. The molecule has 0 saturated heterocycles. The topological polar surface area (TPSA) is 3.24 Å². The Bertz CT molecular complexity index is 1320. The zero-order valence-electron chi connectivity index (χ0n) is 33.4. The minimum absolute atomic E-state index is 0.251. The van der Waals surface area contributed by atoms with Crippen LogP contribution < -0.4 is 0 Å². The molecule has 0 N–H and O–H groups in total. The Morgan fingerprint density at radius 3 is 1.09 bits per heavy atom. The average Bonchev–Trinajstić information content (AvgIpc) is 2.90. The monoisotopic (exact) mass is 626 g/mol. The van der Waals surface area contributed by atoms with Gasteiger partial charge >= 0.3 is 0 Å². The molecule has 3 aromatic carbocycles. The number of rotatable bonds is 0. The van der Waals surface area contributed by atoms with E-state index in [4.69, 9.17) is 0 Å². The van der Waals surface area contributed by atoms with Crippen molar-refractivity contribution in [2.75, 3.05) is 6.54 Å². The van der Waals surface area contributed by atoms with Gasteiger partial charge in [-0.3, -0.25) is 4.90 Å². The smallest absolute Gasteiger partial charge is 0.0241 e. The van der Waals surface area contributed by atoms with Gasteiger partial charge in [0.25, 0.3) is 0 Å². The summed E-state index contributed by atoms with van der Waals surface area (Å²) in [4.78, 5) is 2.58. The molecule has 0 atom stereocenters. The van der Waals surface area contributed by atoms with Gasteiger partial charge in [0.1, 0.15) is 0 Å². The van der Waals surface area contributed by atoms with Crippen molar-refractivity contribution < 1.29 is 0 Å². The molecule has 0 aromatic heterocycles. The zero-order valence-corrected chi connectivity index (χ0v) is 33.4. The van der Waals surface area contributed by atoms with Gasteiger partial charge < -0.3 is 0 Å². The van der Waals surface area contributed by atoms with Crippen molar-refractivity contribution >= 4 is 0 Å². The summed E-state index contributed by atoms with van der Waals surface area (Å²) in [6, 6.07) is 25.0. The van der Waals surface area contributed by atoms with Gasteiger partial charge in [-0.2, -0.15) is 0 Å². The normalized spacial score (nSPS) is 14.8. The Kier molecular flexibility index (Phi) is 12.5. The molecular formula is C45H71N. The van der Waals surface area contributed by atoms with Gasteiger partial charge in [0.15, 0.2) is 0 Å². The van der Waals surface area contributed by atoms with E-state index < -0.39 is 0 Å². The summed E-state index contributed by atoms with van der Waals surface area (Å²) in [5.74, 6) is 0. The number of fused-ring (bicyclic) bond motifs is 1. The molecule has 0 saturated carbocycles. The largest absolute Gasteiger partial charge is 0.294 e. The molecule has 4 rings (SSSR count). The molecule has 0 aliphatic carbocycles. The fraction of sp³-hybridized carbons (Fsp3) is 0.600. The van der Waals surface area contributed by atoms with Crippen LogP contribution in [0.15, 0.2) is 66.7 Å². The molecule has 3 aromatic rings. The maximum absolute atomic E-state index is 2.58. The van der Waals surface area contributed by atoms with E-state index in [1.165, 1.54) is 46.3 Å². The fourth-order valence-electron chi connectivity index (χ4n) is 5.51. The van der Waals surface area contributed by atoms with E-state index in [0.29, 0.717) is 0 Å². The highest BCUT2D eigenvalue weighted by atomic mass is 15.2. The number of nitrogens with zero attached hydrogens (tertiary/aromatic N) is 1. The average molecular weight is 626 g/mol. The van der Waals surface area contributed by atoms with Crippen LogP contribution in [0.5, 0.6) is 0 Å². The third-order valence-electron chi connectivity index (χ3n) is 9.24. The van der Waals surface area contributed by atoms with Crippen molar-refractivity contribution in [2.45, 2.75) is 170 Å². The highest BCUT2D eigenvalue weighted by Crippen LogP contribution is 2.31. The lowest BCUT2D eigenvalue weighted by molar-refractivity contribution is 0.121. The second-order valence-electron chi connectivity index (χ2n) is 19.7. The molecule has 1 aliphatic rings. The first kappa shape index (κ1) is 39.8. The van der Waals surface area contributed by atoms with Crippen LogP contribution in [-0.2, 0) is 40.0 Å². The number of hydrogen-bond acceptors (Lipinski definition) is 1. The quantitative estimate of drug-likeness (QED) is 0.240. The summed E-state index contributed by atoms with van der Waals surface area (Å²) in [5, 5.41) is 0. The van der Waals surface area contributed by atoms with Gasteiger partial charge in [-0.15, -0.1) is 0 Å². The van der Waals surface area contributed by atoms with Gasteiger partial charge in [-0.05, 0) is 93.2 Å². The maximum atomic E-state index is 2.58. The first-order valence-electron chi connectivity index (χ1n) is 17.7. The predicted octanol–water partition coefficient (Wildman–Crippen LogP) is 12.7. The molecule has 0 radical (unpaired) electrons. The van der Waals surface area contributed by atoms with Crippen LogP contribution in [0, 0.1) is 0 Å². The molecule has 46 heavy (non-hydrogen) atoms. The summed E-state index contributed by atoms with van der Waals surface area (Å²) >= 11 is 0. The first-order valence-corrected chi connectivity index (χ1v) is 17.7. The van der Waals surface area contributed by atoms with E-state index in [-0.39, 0.29) is 32.6 Å². The van der Waals surface area contributed by atoms with Gasteiger partial charge in [0.05, 0.1) is 0 Å². The van der Waals surface area contributed by atoms with E-state index in [1.54, 1.807) is 5.56 Å².